The number of nitrogens with zero attached hydrogens (tertiary/aromatic N) is 2. The van der Waals surface area contributed by atoms with Crippen molar-refractivity contribution in [3.8, 4) is 0 Å². The molecule has 0 saturated carbocycles. The molecule has 0 spiro atoms. The van der Waals surface area contributed by atoms with Gasteiger partial charge in [0.15, 0.2) is 5.16 Å². The predicted octanol–water partition coefficient (Wildman–Crippen LogP) is 3.13. The quantitative estimate of drug-likeness (QED) is 0.865. The number of aliphatic hydroxyl groups excluding tert-OH is 1. The second kappa shape index (κ2) is 5.46. The first-order valence-electron chi connectivity index (χ1n) is 5.51. The Labute approximate surface area is 109 Å². The van der Waals surface area contributed by atoms with Crippen molar-refractivity contribution in [1.29, 1.82) is 0 Å². The van der Waals surface area contributed by atoms with E-state index >= 15 is 0 Å². The summed E-state index contributed by atoms with van der Waals surface area (Å²) in [7, 11) is 0. The molecule has 0 aliphatic carbocycles. The highest BCUT2D eigenvalue weighted by molar-refractivity contribution is 7.99. The molecular weight excluding hydrogens is 251 g/mol. The largest absolute Gasteiger partial charge is 0.389 e. The van der Waals surface area contributed by atoms with Crippen molar-refractivity contribution in [2.75, 3.05) is 0 Å². The molecule has 5 heteroatoms. The van der Waals surface area contributed by atoms with Crippen molar-refractivity contribution in [2.24, 2.45) is 0 Å². The maximum atomic E-state index is 13.8. The van der Waals surface area contributed by atoms with Gasteiger partial charge in [0.2, 0.25) is 0 Å². The third-order valence-corrected chi connectivity index (χ3v) is 3.43. The average Bonchev–Trinajstić information content (AvgIpc) is 2.34. The zero-order chi connectivity index (χ0) is 13.1. The Morgan fingerprint density at radius 3 is 2.56 bits per heavy atom. The fraction of sp³-hybridized carbons (Fsp3) is 0.231. The molecule has 0 saturated heterocycles. The highest BCUT2D eigenvalue weighted by Gasteiger charge is 2.14. The third-order valence-electron chi connectivity index (χ3n) is 2.40. The minimum absolute atomic E-state index is 0.372. The van der Waals surface area contributed by atoms with Crippen molar-refractivity contribution in [2.45, 2.75) is 30.0 Å². The van der Waals surface area contributed by atoms with Crippen LogP contribution in [0.4, 0.5) is 4.39 Å². The molecule has 0 bridgehead atoms. The Balaban J connectivity index is 2.36. The van der Waals surface area contributed by atoms with Gasteiger partial charge in [0.25, 0.3) is 0 Å². The van der Waals surface area contributed by atoms with Crippen LogP contribution < -0.4 is 0 Å². The predicted molar refractivity (Wildman–Crippen MR) is 67.9 cm³/mol. The highest BCUT2D eigenvalue weighted by Crippen LogP contribution is 2.33. The fourth-order valence-corrected chi connectivity index (χ4v) is 2.40. The van der Waals surface area contributed by atoms with E-state index in [9.17, 15) is 9.50 Å². The molecule has 3 nitrogen and oxygen atoms in total. The number of hydrogen-bond acceptors (Lipinski definition) is 4. The summed E-state index contributed by atoms with van der Waals surface area (Å²) >= 11 is 1.12. The van der Waals surface area contributed by atoms with E-state index in [0.29, 0.717) is 15.6 Å². The fourth-order valence-electron chi connectivity index (χ4n) is 1.49. The number of aliphatic hydroxyl groups is 1. The summed E-state index contributed by atoms with van der Waals surface area (Å²) in [5, 5.41) is 10.1. The molecule has 0 aliphatic rings. The van der Waals surface area contributed by atoms with E-state index in [1.54, 1.807) is 31.5 Å². The number of aryl methyl sites for hydroxylation is 1. The van der Waals surface area contributed by atoms with Crippen molar-refractivity contribution in [3.63, 3.8) is 0 Å². The molecule has 2 rings (SSSR count). The lowest BCUT2D eigenvalue weighted by molar-refractivity contribution is 0.195. The van der Waals surface area contributed by atoms with Gasteiger partial charge in [0, 0.05) is 12.4 Å². The van der Waals surface area contributed by atoms with Crippen LogP contribution >= 0.6 is 11.8 Å². The standard InChI is InChI=1S/C13H13FN2OS/c1-8-6-15-13(16-7-8)18-12-10(9(2)17)4-3-5-11(12)14/h3-7,9,17H,1-2H3. The van der Waals surface area contributed by atoms with Gasteiger partial charge in [0.1, 0.15) is 5.82 Å². The summed E-state index contributed by atoms with van der Waals surface area (Å²) in [6.45, 7) is 3.49. The van der Waals surface area contributed by atoms with Gasteiger partial charge in [-0.05, 0) is 42.8 Å². The van der Waals surface area contributed by atoms with Crippen LogP contribution in [0.25, 0.3) is 0 Å². The van der Waals surface area contributed by atoms with Crippen LogP contribution in [0.5, 0.6) is 0 Å². The minimum Gasteiger partial charge on any atom is -0.389 e. The van der Waals surface area contributed by atoms with E-state index in [4.69, 9.17) is 0 Å². The van der Waals surface area contributed by atoms with Crippen molar-refractivity contribution >= 4 is 11.8 Å². The molecule has 1 heterocycles. The summed E-state index contributed by atoms with van der Waals surface area (Å²) in [5.41, 5.74) is 1.49. The topological polar surface area (TPSA) is 46.0 Å². The van der Waals surface area contributed by atoms with Gasteiger partial charge in [-0.3, -0.25) is 0 Å². The Morgan fingerprint density at radius 1 is 1.28 bits per heavy atom. The third kappa shape index (κ3) is 2.86. The van der Waals surface area contributed by atoms with E-state index in [0.717, 1.165) is 17.3 Å². The molecule has 0 amide bonds. The number of hydrogen-bond donors (Lipinski definition) is 1. The number of halogens is 1. The van der Waals surface area contributed by atoms with Gasteiger partial charge in [-0.25, -0.2) is 14.4 Å². The Hall–Kier alpha value is -1.46. The second-order valence-corrected chi connectivity index (χ2v) is 4.96. The molecular formula is C13H13FN2OS. The molecule has 0 radical (unpaired) electrons. The molecule has 2 aromatic rings. The first-order chi connectivity index (χ1) is 8.58. The molecule has 18 heavy (non-hydrogen) atoms. The lowest BCUT2D eigenvalue weighted by Crippen LogP contribution is -1.97. The summed E-state index contributed by atoms with van der Waals surface area (Å²) in [6.07, 6.45) is 2.63. The van der Waals surface area contributed by atoms with E-state index in [1.807, 2.05) is 6.92 Å². The van der Waals surface area contributed by atoms with Crippen LogP contribution in [0.2, 0.25) is 0 Å². The van der Waals surface area contributed by atoms with Gasteiger partial charge >= 0.3 is 0 Å². The molecule has 1 atom stereocenters. The van der Waals surface area contributed by atoms with E-state index < -0.39 is 6.10 Å². The van der Waals surface area contributed by atoms with E-state index in [1.165, 1.54) is 6.07 Å². The van der Waals surface area contributed by atoms with Crippen LogP contribution in [-0.4, -0.2) is 15.1 Å². The maximum Gasteiger partial charge on any atom is 0.192 e. The minimum atomic E-state index is -0.728. The summed E-state index contributed by atoms with van der Waals surface area (Å²) in [4.78, 5) is 8.61. The summed E-state index contributed by atoms with van der Waals surface area (Å²) < 4.78 is 13.8. The lowest BCUT2D eigenvalue weighted by Gasteiger charge is -2.11. The summed E-state index contributed by atoms with van der Waals surface area (Å²) in [6, 6.07) is 4.64. The monoisotopic (exact) mass is 264 g/mol. The lowest BCUT2D eigenvalue weighted by atomic mass is 10.1. The van der Waals surface area contributed by atoms with Crippen LogP contribution in [0.15, 0.2) is 40.6 Å². The summed E-state index contributed by atoms with van der Waals surface area (Å²) in [5.74, 6) is -0.373. The molecule has 1 unspecified atom stereocenters. The first-order valence-corrected chi connectivity index (χ1v) is 6.32. The Kier molecular flexibility index (Phi) is 3.93. The van der Waals surface area contributed by atoms with Gasteiger partial charge in [-0.1, -0.05) is 12.1 Å². The Bertz CT molecular complexity index is 543. The van der Waals surface area contributed by atoms with Crippen LogP contribution in [0, 0.1) is 12.7 Å². The molecule has 1 aromatic carbocycles. The van der Waals surface area contributed by atoms with E-state index in [2.05, 4.69) is 9.97 Å². The average molecular weight is 264 g/mol. The molecule has 0 fully saturated rings. The van der Waals surface area contributed by atoms with Crippen LogP contribution in [0.3, 0.4) is 0 Å². The Morgan fingerprint density at radius 2 is 1.94 bits per heavy atom. The first kappa shape index (κ1) is 13.0. The van der Waals surface area contributed by atoms with Crippen molar-refractivity contribution in [1.82, 2.24) is 9.97 Å². The zero-order valence-electron chi connectivity index (χ0n) is 10.1. The SMILES string of the molecule is Cc1cnc(Sc2c(F)cccc2C(C)O)nc1. The zero-order valence-corrected chi connectivity index (χ0v) is 10.9. The van der Waals surface area contributed by atoms with Gasteiger partial charge in [0.05, 0.1) is 11.0 Å². The van der Waals surface area contributed by atoms with E-state index in [-0.39, 0.29) is 5.82 Å². The van der Waals surface area contributed by atoms with Crippen molar-refractivity contribution < 1.29 is 9.50 Å². The number of benzene rings is 1. The highest BCUT2D eigenvalue weighted by atomic mass is 32.2. The molecule has 0 aliphatic heterocycles. The van der Waals surface area contributed by atoms with Gasteiger partial charge < -0.3 is 5.11 Å². The number of aromatic nitrogens is 2. The van der Waals surface area contributed by atoms with Crippen molar-refractivity contribution in [3.05, 3.63) is 47.5 Å². The van der Waals surface area contributed by atoms with Crippen LogP contribution in [-0.2, 0) is 0 Å². The molecule has 1 N–H and O–H groups in total. The number of rotatable bonds is 3. The van der Waals surface area contributed by atoms with Gasteiger partial charge in [-0.2, -0.15) is 0 Å². The van der Waals surface area contributed by atoms with Gasteiger partial charge in [-0.15, -0.1) is 0 Å². The normalized spacial score (nSPS) is 12.4. The van der Waals surface area contributed by atoms with Crippen LogP contribution in [0.1, 0.15) is 24.2 Å². The smallest absolute Gasteiger partial charge is 0.192 e. The molecule has 94 valence electrons. The molecule has 1 aromatic heterocycles. The maximum absolute atomic E-state index is 13.8. The second-order valence-electron chi connectivity index (χ2n) is 3.98.